The van der Waals surface area contributed by atoms with E-state index in [0.29, 0.717) is 0 Å². The highest BCUT2D eigenvalue weighted by atomic mass is 16.4. The largest absolute Gasteiger partial charge is 0.480 e. The molecule has 0 heterocycles. The molecule has 0 fully saturated rings. The number of nitrogens with one attached hydrogen (secondary N) is 1. The number of aliphatic hydroxyl groups is 1. The molecule has 1 aromatic rings. The molecule has 4 nitrogen and oxygen atoms in total. The molecule has 0 amide bonds. The molecule has 0 spiro atoms. The molecule has 0 aliphatic carbocycles. The lowest BCUT2D eigenvalue weighted by Gasteiger charge is -2.26. The van der Waals surface area contributed by atoms with Gasteiger partial charge in [-0.1, -0.05) is 45.0 Å². The van der Waals surface area contributed by atoms with Crippen molar-refractivity contribution >= 4 is 5.97 Å². The van der Waals surface area contributed by atoms with Crippen molar-refractivity contribution < 1.29 is 15.0 Å². The molecule has 3 N–H and O–H groups in total. The first-order valence-electron chi connectivity index (χ1n) is 7.12. The van der Waals surface area contributed by atoms with Crippen LogP contribution in [0.3, 0.4) is 0 Å². The Balaban J connectivity index is 2.74. The van der Waals surface area contributed by atoms with Gasteiger partial charge in [-0.05, 0) is 30.4 Å². The van der Waals surface area contributed by atoms with Gasteiger partial charge in [0.2, 0.25) is 0 Å². The van der Waals surface area contributed by atoms with Gasteiger partial charge in [0.05, 0.1) is 6.10 Å². The van der Waals surface area contributed by atoms with Gasteiger partial charge in [-0.3, -0.25) is 10.1 Å². The van der Waals surface area contributed by atoms with Crippen molar-refractivity contribution in [3.05, 3.63) is 35.4 Å². The highest BCUT2D eigenvalue weighted by Crippen LogP contribution is 2.19. The minimum Gasteiger partial charge on any atom is -0.480 e. The van der Waals surface area contributed by atoms with Gasteiger partial charge in [-0.2, -0.15) is 0 Å². The summed E-state index contributed by atoms with van der Waals surface area (Å²) in [6, 6.07) is 6.78. The second-order valence-corrected chi connectivity index (χ2v) is 5.56. The minimum absolute atomic E-state index is 0.0374. The van der Waals surface area contributed by atoms with Crippen molar-refractivity contribution in [3.8, 4) is 0 Å². The summed E-state index contributed by atoms with van der Waals surface area (Å²) in [5, 5.41) is 22.5. The molecule has 3 atom stereocenters. The van der Waals surface area contributed by atoms with Gasteiger partial charge in [0.15, 0.2) is 0 Å². The lowest BCUT2D eigenvalue weighted by Crippen LogP contribution is -2.47. The number of carboxylic acid groups (broad SMARTS) is 1. The summed E-state index contributed by atoms with van der Waals surface area (Å²) in [5.41, 5.74) is 2.02. The molecule has 0 saturated heterocycles. The molecule has 4 heteroatoms. The van der Waals surface area contributed by atoms with E-state index in [1.807, 2.05) is 38.1 Å². The first-order valence-corrected chi connectivity index (χ1v) is 7.12. The third kappa shape index (κ3) is 4.32. The van der Waals surface area contributed by atoms with Crippen LogP contribution in [-0.4, -0.2) is 28.3 Å². The summed E-state index contributed by atoms with van der Waals surface area (Å²) in [5.74, 6) is -0.926. The third-order valence-corrected chi connectivity index (χ3v) is 3.58. The molecule has 0 bridgehead atoms. The van der Waals surface area contributed by atoms with Crippen LogP contribution in [0.25, 0.3) is 0 Å². The fraction of sp³-hybridized carbons (Fsp3) is 0.562. The molecular weight excluding hydrogens is 254 g/mol. The normalized spacial score (nSPS) is 15.9. The number of hydrogen-bond donors (Lipinski definition) is 3. The Morgan fingerprint density at radius 1 is 1.20 bits per heavy atom. The predicted molar refractivity (Wildman–Crippen MR) is 79.6 cm³/mol. The highest BCUT2D eigenvalue weighted by Gasteiger charge is 2.26. The number of aryl methyl sites for hydroxylation is 1. The fourth-order valence-electron chi connectivity index (χ4n) is 2.16. The zero-order valence-corrected chi connectivity index (χ0v) is 12.6. The number of carbonyl (C=O) groups is 1. The molecule has 0 aromatic heterocycles. The van der Waals surface area contributed by atoms with Gasteiger partial charge in [0.1, 0.15) is 6.04 Å². The summed E-state index contributed by atoms with van der Waals surface area (Å²) >= 11 is 0. The van der Waals surface area contributed by atoms with Crippen LogP contribution in [0, 0.1) is 5.92 Å². The number of hydrogen-bond acceptors (Lipinski definition) is 3. The summed E-state index contributed by atoms with van der Waals surface area (Å²) < 4.78 is 0. The number of aliphatic carboxylic acids is 1. The highest BCUT2D eigenvalue weighted by molar-refractivity contribution is 5.73. The second-order valence-electron chi connectivity index (χ2n) is 5.56. The molecule has 0 aliphatic heterocycles. The molecule has 0 radical (unpaired) electrons. The van der Waals surface area contributed by atoms with Crippen molar-refractivity contribution in [1.29, 1.82) is 0 Å². The molecule has 112 valence electrons. The Morgan fingerprint density at radius 3 is 2.15 bits per heavy atom. The molecule has 1 rings (SSSR count). The van der Waals surface area contributed by atoms with E-state index >= 15 is 0 Å². The molecule has 0 saturated carbocycles. The van der Waals surface area contributed by atoms with E-state index in [0.717, 1.165) is 12.0 Å². The lowest BCUT2D eigenvalue weighted by molar-refractivity contribution is -0.141. The topological polar surface area (TPSA) is 69.6 Å². The molecule has 1 aromatic carbocycles. The summed E-state index contributed by atoms with van der Waals surface area (Å²) in [6.07, 6.45) is 0.236. The van der Waals surface area contributed by atoms with Gasteiger partial charge in [0, 0.05) is 6.04 Å². The van der Waals surface area contributed by atoms with Gasteiger partial charge in [0.25, 0.3) is 0 Å². The standard InChI is InChI=1S/C16H25NO3/c1-5-12-6-8-13(9-7-12)15(18)11(4)17-14(10(2)3)16(19)20/h6-11,14-15,17-18H,5H2,1-4H3,(H,19,20). The van der Waals surface area contributed by atoms with Crippen molar-refractivity contribution in [1.82, 2.24) is 5.32 Å². The molecular formula is C16H25NO3. The van der Waals surface area contributed by atoms with Crippen LogP contribution in [0.2, 0.25) is 0 Å². The van der Waals surface area contributed by atoms with Crippen molar-refractivity contribution in [2.24, 2.45) is 5.92 Å². The van der Waals surface area contributed by atoms with E-state index in [1.54, 1.807) is 6.92 Å². The minimum atomic E-state index is -0.889. The third-order valence-electron chi connectivity index (χ3n) is 3.58. The van der Waals surface area contributed by atoms with Gasteiger partial charge in [-0.15, -0.1) is 0 Å². The Kier molecular flexibility index (Phi) is 6.17. The van der Waals surface area contributed by atoms with Crippen molar-refractivity contribution in [2.45, 2.75) is 52.3 Å². The first kappa shape index (κ1) is 16.7. The average Bonchev–Trinajstić information content (AvgIpc) is 2.43. The molecule has 3 unspecified atom stereocenters. The Morgan fingerprint density at radius 2 is 1.75 bits per heavy atom. The van der Waals surface area contributed by atoms with E-state index in [1.165, 1.54) is 5.56 Å². The Bertz CT molecular complexity index is 428. The van der Waals surface area contributed by atoms with E-state index in [9.17, 15) is 9.90 Å². The number of benzene rings is 1. The van der Waals surface area contributed by atoms with E-state index in [2.05, 4.69) is 12.2 Å². The number of carboxylic acids is 1. The van der Waals surface area contributed by atoms with Gasteiger partial charge >= 0.3 is 5.97 Å². The fourth-order valence-corrected chi connectivity index (χ4v) is 2.16. The van der Waals surface area contributed by atoms with Crippen LogP contribution >= 0.6 is 0 Å². The quantitative estimate of drug-likeness (QED) is 0.716. The Labute approximate surface area is 120 Å². The smallest absolute Gasteiger partial charge is 0.320 e. The van der Waals surface area contributed by atoms with Crippen LogP contribution in [0.4, 0.5) is 0 Å². The summed E-state index contributed by atoms with van der Waals surface area (Å²) in [4.78, 5) is 11.2. The van der Waals surface area contributed by atoms with Crippen LogP contribution in [0.15, 0.2) is 24.3 Å². The van der Waals surface area contributed by atoms with Gasteiger partial charge < -0.3 is 10.2 Å². The average molecular weight is 279 g/mol. The summed E-state index contributed by atoms with van der Waals surface area (Å²) in [7, 11) is 0. The van der Waals surface area contributed by atoms with Crippen LogP contribution in [0.5, 0.6) is 0 Å². The zero-order valence-electron chi connectivity index (χ0n) is 12.6. The van der Waals surface area contributed by atoms with Crippen LogP contribution < -0.4 is 5.32 Å². The zero-order chi connectivity index (χ0) is 15.3. The van der Waals surface area contributed by atoms with Gasteiger partial charge in [-0.25, -0.2) is 0 Å². The number of rotatable bonds is 7. The maximum absolute atomic E-state index is 11.2. The van der Waals surface area contributed by atoms with E-state index in [4.69, 9.17) is 5.11 Å². The van der Waals surface area contributed by atoms with E-state index < -0.39 is 18.1 Å². The lowest BCUT2D eigenvalue weighted by atomic mass is 9.98. The maximum Gasteiger partial charge on any atom is 0.320 e. The maximum atomic E-state index is 11.2. The Hall–Kier alpha value is -1.39. The molecule has 0 aliphatic rings. The SMILES string of the molecule is CCc1ccc(C(O)C(C)NC(C(=O)O)C(C)C)cc1. The first-order chi connectivity index (χ1) is 9.36. The molecule has 20 heavy (non-hydrogen) atoms. The van der Waals surface area contributed by atoms with Crippen molar-refractivity contribution in [3.63, 3.8) is 0 Å². The summed E-state index contributed by atoms with van der Waals surface area (Å²) in [6.45, 7) is 7.58. The van der Waals surface area contributed by atoms with Crippen LogP contribution in [-0.2, 0) is 11.2 Å². The predicted octanol–water partition coefficient (Wildman–Crippen LogP) is 2.37. The monoisotopic (exact) mass is 279 g/mol. The van der Waals surface area contributed by atoms with Crippen molar-refractivity contribution in [2.75, 3.05) is 0 Å². The number of aliphatic hydroxyl groups excluding tert-OH is 1. The second kappa shape index (κ2) is 7.41. The van der Waals surface area contributed by atoms with E-state index in [-0.39, 0.29) is 12.0 Å². The van der Waals surface area contributed by atoms with Crippen LogP contribution in [0.1, 0.15) is 44.9 Å².